The fourth-order valence-corrected chi connectivity index (χ4v) is 2.33. The lowest BCUT2D eigenvalue weighted by atomic mass is 9.98. The maximum Gasteiger partial charge on any atom is 0.194 e. The van der Waals surface area contributed by atoms with Gasteiger partial charge in [-0.2, -0.15) is 0 Å². The van der Waals surface area contributed by atoms with Crippen molar-refractivity contribution < 1.29 is 9.18 Å². The van der Waals surface area contributed by atoms with Gasteiger partial charge in [0.15, 0.2) is 5.78 Å². The van der Waals surface area contributed by atoms with E-state index in [0.717, 1.165) is 11.1 Å². The van der Waals surface area contributed by atoms with Crippen LogP contribution in [-0.4, -0.2) is 5.78 Å². The van der Waals surface area contributed by atoms with E-state index in [1.807, 2.05) is 32.0 Å². The highest BCUT2D eigenvalue weighted by atomic mass is 35.5. The highest BCUT2D eigenvalue weighted by Gasteiger charge is 2.15. The molecule has 0 fully saturated rings. The van der Waals surface area contributed by atoms with Crippen LogP contribution in [0.1, 0.15) is 32.6 Å². The second-order valence-corrected chi connectivity index (χ2v) is 5.19. The first-order valence-corrected chi connectivity index (χ1v) is 6.35. The summed E-state index contributed by atoms with van der Waals surface area (Å²) >= 11 is 5.96. The maximum atomic E-state index is 13.4. The van der Waals surface area contributed by atoms with Gasteiger partial charge in [0.2, 0.25) is 0 Å². The van der Waals surface area contributed by atoms with Gasteiger partial charge >= 0.3 is 0 Å². The molecule has 0 N–H and O–H groups in total. The molecular formula is C16H14ClFO. The van der Waals surface area contributed by atoms with E-state index in [4.69, 9.17) is 11.6 Å². The normalized spacial score (nSPS) is 10.6. The average molecular weight is 277 g/mol. The van der Waals surface area contributed by atoms with Crippen molar-refractivity contribution in [2.45, 2.75) is 20.8 Å². The summed E-state index contributed by atoms with van der Waals surface area (Å²) in [5.74, 6) is -0.582. The second-order valence-electron chi connectivity index (χ2n) is 4.79. The van der Waals surface area contributed by atoms with E-state index < -0.39 is 5.82 Å². The summed E-state index contributed by atoms with van der Waals surface area (Å²) in [6, 6.07) is 8.30. The van der Waals surface area contributed by atoms with Gasteiger partial charge in [0.25, 0.3) is 0 Å². The van der Waals surface area contributed by atoms with Crippen molar-refractivity contribution in [3.63, 3.8) is 0 Å². The number of hydrogen-bond donors (Lipinski definition) is 0. The third-order valence-electron chi connectivity index (χ3n) is 2.98. The molecule has 0 aliphatic rings. The van der Waals surface area contributed by atoms with Crippen LogP contribution in [0.5, 0.6) is 0 Å². The summed E-state index contributed by atoms with van der Waals surface area (Å²) in [6.07, 6.45) is 0. The summed E-state index contributed by atoms with van der Waals surface area (Å²) in [4.78, 5) is 12.4. The van der Waals surface area contributed by atoms with Crippen molar-refractivity contribution in [1.29, 1.82) is 0 Å². The largest absolute Gasteiger partial charge is 0.289 e. The van der Waals surface area contributed by atoms with Gasteiger partial charge in [-0.25, -0.2) is 4.39 Å². The summed E-state index contributed by atoms with van der Waals surface area (Å²) in [5, 5.41) is 0.146. The smallest absolute Gasteiger partial charge is 0.194 e. The van der Waals surface area contributed by atoms with E-state index in [-0.39, 0.29) is 10.8 Å². The number of ketones is 1. The minimum Gasteiger partial charge on any atom is -0.289 e. The number of carbonyl (C=O) groups excluding carboxylic acids is 1. The van der Waals surface area contributed by atoms with Crippen LogP contribution >= 0.6 is 11.6 Å². The SMILES string of the molecule is Cc1cc(C)cc(C(=O)c2cc(C)c(F)cc2Cl)c1. The van der Waals surface area contributed by atoms with Crippen LogP contribution in [-0.2, 0) is 0 Å². The van der Waals surface area contributed by atoms with E-state index in [1.165, 1.54) is 12.1 Å². The molecule has 3 heteroatoms. The Labute approximate surface area is 117 Å². The van der Waals surface area contributed by atoms with Crippen molar-refractivity contribution in [1.82, 2.24) is 0 Å². The molecule has 0 aliphatic heterocycles. The monoisotopic (exact) mass is 276 g/mol. The second kappa shape index (κ2) is 5.14. The molecular weight excluding hydrogens is 263 g/mol. The van der Waals surface area contributed by atoms with E-state index in [1.54, 1.807) is 6.92 Å². The Bertz CT molecular complexity index is 642. The van der Waals surface area contributed by atoms with Crippen molar-refractivity contribution in [2.75, 3.05) is 0 Å². The molecule has 0 aliphatic carbocycles. The van der Waals surface area contributed by atoms with Crippen LogP contribution in [0.3, 0.4) is 0 Å². The quantitative estimate of drug-likeness (QED) is 0.731. The Morgan fingerprint density at radius 1 is 1.00 bits per heavy atom. The Morgan fingerprint density at radius 2 is 1.58 bits per heavy atom. The topological polar surface area (TPSA) is 17.1 Å². The minimum absolute atomic E-state index is 0.146. The van der Waals surface area contributed by atoms with Crippen LogP contribution < -0.4 is 0 Å². The Kier molecular flexibility index (Phi) is 3.72. The minimum atomic E-state index is -0.401. The van der Waals surface area contributed by atoms with Gasteiger partial charge < -0.3 is 0 Å². The van der Waals surface area contributed by atoms with Gasteiger partial charge in [-0.15, -0.1) is 0 Å². The van der Waals surface area contributed by atoms with Crippen LogP contribution in [0.15, 0.2) is 30.3 Å². The summed E-state index contributed by atoms with van der Waals surface area (Å²) in [6.45, 7) is 5.48. The predicted molar refractivity (Wildman–Crippen MR) is 75.5 cm³/mol. The first-order valence-electron chi connectivity index (χ1n) is 5.97. The summed E-state index contributed by atoms with van der Waals surface area (Å²) < 4.78 is 13.4. The van der Waals surface area contributed by atoms with Gasteiger partial charge in [0.05, 0.1) is 5.02 Å². The van der Waals surface area contributed by atoms with Gasteiger partial charge in [-0.05, 0) is 50.6 Å². The van der Waals surface area contributed by atoms with E-state index in [9.17, 15) is 9.18 Å². The molecule has 0 saturated heterocycles. The van der Waals surface area contributed by atoms with Gasteiger partial charge in [0, 0.05) is 11.1 Å². The Balaban J connectivity index is 2.53. The number of halogens is 2. The van der Waals surface area contributed by atoms with Crippen molar-refractivity contribution in [3.8, 4) is 0 Å². The van der Waals surface area contributed by atoms with Gasteiger partial charge in [-0.3, -0.25) is 4.79 Å². The van der Waals surface area contributed by atoms with Gasteiger partial charge in [-0.1, -0.05) is 28.8 Å². The molecule has 0 aromatic heterocycles. The number of benzene rings is 2. The molecule has 0 heterocycles. The molecule has 2 aromatic rings. The highest BCUT2D eigenvalue weighted by Crippen LogP contribution is 2.24. The molecule has 0 amide bonds. The summed E-state index contributed by atoms with van der Waals surface area (Å²) in [7, 11) is 0. The molecule has 0 radical (unpaired) electrons. The Morgan fingerprint density at radius 3 is 2.16 bits per heavy atom. The standard InChI is InChI=1S/C16H14ClFO/c1-9-4-10(2)6-12(5-9)16(19)13-7-11(3)15(18)8-14(13)17/h4-8H,1-3H3. The molecule has 0 atom stereocenters. The third kappa shape index (κ3) is 2.85. The number of hydrogen-bond acceptors (Lipinski definition) is 1. The lowest BCUT2D eigenvalue weighted by molar-refractivity contribution is 0.103. The van der Waals surface area contributed by atoms with Crippen LogP contribution in [0.25, 0.3) is 0 Å². The molecule has 98 valence electrons. The molecule has 0 bridgehead atoms. The van der Waals surface area contributed by atoms with Gasteiger partial charge in [0.1, 0.15) is 5.82 Å². The molecule has 0 spiro atoms. The molecule has 0 saturated carbocycles. The first kappa shape index (κ1) is 13.8. The average Bonchev–Trinajstić information content (AvgIpc) is 2.31. The van der Waals surface area contributed by atoms with Crippen LogP contribution in [0.2, 0.25) is 5.02 Å². The summed E-state index contributed by atoms with van der Waals surface area (Å²) in [5.41, 5.74) is 3.35. The van der Waals surface area contributed by atoms with E-state index in [2.05, 4.69) is 0 Å². The van der Waals surface area contributed by atoms with Crippen molar-refractivity contribution in [3.05, 3.63) is 69.0 Å². The van der Waals surface area contributed by atoms with Crippen LogP contribution in [0.4, 0.5) is 4.39 Å². The lowest BCUT2D eigenvalue weighted by Gasteiger charge is -2.08. The Hall–Kier alpha value is -1.67. The highest BCUT2D eigenvalue weighted by molar-refractivity contribution is 6.35. The third-order valence-corrected chi connectivity index (χ3v) is 3.29. The number of aryl methyl sites for hydroxylation is 3. The van der Waals surface area contributed by atoms with Crippen molar-refractivity contribution >= 4 is 17.4 Å². The number of rotatable bonds is 2. The van der Waals surface area contributed by atoms with E-state index in [0.29, 0.717) is 16.7 Å². The molecule has 19 heavy (non-hydrogen) atoms. The fraction of sp³-hybridized carbons (Fsp3) is 0.188. The van der Waals surface area contributed by atoms with E-state index >= 15 is 0 Å². The zero-order valence-electron chi connectivity index (χ0n) is 11.1. The zero-order chi connectivity index (χ0) is 14.2. The molecule has 2 rings (SSSR count). The lowest BCUT2D eigenvalue weighted by Crippen LogP contribution is -2.04. The molecule has 1 nitrogen and oxygen atoms in total. The fourth-order valence-electron chi connectivity index (χ4n) is 2.09. The zero-order valence-corrected chi connectivity index (χ0v) is 11.8. The first-order chi connectivity index (χ1) is 8.88. The van der Waals surface area contributed by atoms with Crippen LogP contribution in [0, 0.1) is 26.6 Å². The molecule has 0 unspecified atom stereocenters. The predicted octanol–water partition coefficient (Wildman–Crippen LogP) is 4.64. The number of carbonyl (C=O) groups is 1. The van der Waals surface area contributed by atoms with Crippen molar-refractivity contribution in [2.24, 2.45) is 0 Å². The molecule has 2 aromatic carbocycles. The maximum absolute atomic E-state index is 13.4.